The van der Waals surface area contributed by atoms with Gasteiger partial charge in [0.2, 0.25) is 11.8 Å². The average molecular weight is 268 g/mol. The minimum absolute atomic E-state index is 0.455. The lowest BCUT2D eigenvalue weighted by molar-refractivity contribution is 0.458. The highest BCUT2D eigenvalue weighted by Crippen LogP contribution is 2.24. The van der Waals surface area contributed by atoms with E-state index in [4.69, 9.17) is 10.00 Å². The Morgan fingerprint density at radius 3 is 2.95 bits per heavy atom. The van der Waals surface area contributed by atoms with E-state index in [-0.39, 0.29) is 0 Å². The molecule has 0 unspecified atom stereocenters. The highest BCUT2D eigenvalue weighted by molar-refractivity contribution is 5.43. The van der Waals surface area contributed by atoms with E-state index in [1.807, 2.05) is 13.0 Å². The second-order valence-corrected chi connectivity index (χ2v) is 4.34. The molecule has 0 amide bonds. The smallest absolute Gasteiger partial charge is 0.225 e. The number of nitriles is 1. The Kier molecular flexibility index (Phi) is 4.51. The van der Waals surface area contributed by atoms with Crippen LogP contribution >= 0.6 is 0 Å². The van der Waals surface area contributed by atoms with E-state index in [0.29, 0.717) is 23.1 Å². The van der Waals surface area contributed by atoms with E-state index in [2.05, 4.69) is 28.3 Å². The predicted octanol–water partition coefficient (Wildman–Crippen LogP) is 3.27. The summed E-state index contributed by atoms with van der Waals surface area (Å²) in [7, 11) is 0. The van der Waals surface area contributed by atoms with Gasteiger partial charge >= 0.3 is 0 Å². The zero-order valence-electron chi connectivity index (χ0n) is 11.6. The molecule has 1 aromatic heterocycles. The Morgan fingerprint density at radius 2 is 2.20 bits per heavy atom. The minimum atomic E-state index is 0.455. The van der Waals surface area contributed by atoms with Gasteiger partial charge in [0.05, 0.1) is 11.6 Å². The van der Waals surface area contributed by atoms with Crippen molar-refractivity contribution in [3.8, 4) is 17.7 Å². The van der Waals surface area contributed by atoms with Gasteiger partial charge in [-0.05, 0) is 31.0 Å². The summed E-state index contributed by atoms with van der Waals surface area (Å²) in [5, 5.41) is 12.0. The van der Waals surface area contributed by atoms with Gasteiger partial charge in [-0.1, -0.05) is 13.0 Å². The zero-order chi connectivity index (χ0) is 14.4. The lowest BCUT2D eigenvalue weighted by Crippen LogP contribution is -2.04. The first kappa shape index (κ1) is 13.8. The molecule has 0 radical (unpaired) electrons. The Bertz CT molecular complexity index is 634. The maximum absolute atomic E-state index is 8.92. The number of nitrogens with zero attached hydrogens (tertiary/aromatic N) is 3. The molecule has 0 spiro atoms. The molecule has 0 aliphatic heterocycles. The zero-order valence-corrected chi connectivity index (χ0v) is 11.6. The summed E-state index contributed by atoms with van der Waals surface area (Å²) >= 11 is 0. The molecule has 102 valence electrons. The number of aromatic nitrogens is 2. The van der Waals surface area contributed by atoms with Crippen molar-refractivity contribution in [2.45, 2.75) is 20.3 Å². The summed E-state index contributed by atoms with van der Waals surface area (Å²) < 4.78 is 5.73. The Morgan fingerprint density at radius 1 is 1.35 bits per heavy atom. The number of hydrogen-bond acceptors (Lipinski definition) is 5. The maximum Gasteiger partial charge on any atom is 0.225 e. The number of anilines is 1. The number of nitrogens with one attached hydrogen (secondary N) is 1. The molecule has 20 heavy (non-hydrogen) atoms. The predicted molar refractivity (Wildman–Crippen MR) is 76.8 cm³/mol. The molecular weight excluding hydrogens is 252 g/mol. The SMILES string of the molecule is CCCNc1nccc(Oc2cc(C#N)ccc2C)n1. The van der Waals surface area contributed by atoms with Crippen LogP contribution in [0.25, 0.3) is 0 Å². The summed E-state index contributed by atoms with van der Waals surface area (Å²) in [6.45, 7) is 4.81. The van der Waals surface area contributed by atoms with E-state index in [1.54, 1.807) is 24.4 Å². The number of rotatable bonds is 5. The third kappa shape index (κ3) is 3.45. The van der Waals surface area contributed by atoms with Crippen LogP contribution in [-0.2, 0) is 0 Å². The van der Waals surface area contributed by atoms with Crippen molar-refractivity contribution in [2.75, 3.05) is 11.9 Å². The van der Waals surface area contributed by atoms with Crippen LogP contribution in [0, 0.1) is 18.3 Å². The first-order valence-corrected chi connectivity index (χ1v) is 6.48. The van der Waals surface area contributed by atoms with Crippen molar-refractivity contribution in [2.24, 2.45) is 0 Å². The van der Waals surface area contributed by atoms with Crippen LogP contribution in [0.1, 0.15) is 24.5 Å². The second kappa shape index (κ2) is 6.53. The molecule has 0 atom stereocenters. The summed E-state index contributed by atoms with van der Waals surface area (Å²) in [5.74, 6) is 1.62. The highest BCUT2D eigenvalue weighted by atomic mass is 16.5. The fraction of sp³-hybridized carbons (Fsp3) is 0.267. The molecule has 5 heteroatoms. The minimum Gasteiger partial charge on any atom is -0.439 e. The second-order valence-electron chi connectivity index (χ2n) is 4.34. The van der Waals surface area contributed by atoms with Crippen LogP contribution in [0.5, 0.6) is 11.6 Å². The van der Waals surface area contributed by atoms with E-state index >= 15 is 0 Å². The van der Waals surface area contributed by atoms with Crippen LogP contribution in [0.2, 0.25) is 0 Å². The van der Waals surface area contributed by atoms with Crippen LogP contribution < -0.4 is 10.1 Å². The summed E-state index contributed by atoms with van der Waals surface area (Å²) in [6, 6.07) is 9.10. The van der Waals surface area contributed by atoms with Crippen molar-refractivity contribution < 1.29 is 4.74 Å². The van der Waals surface area contributed by atoms with E-state index in [0.717, 1.165) is 18.5 Å². The molecule has 0 saturated heterocycles. The molecule has 0 bridgehead atoms. The van der Waals surface area contributed by atoms with Gasteiger partial charge < -0.3 is 10.1 Å². The van der Waals surface area contributed by atoms with Crippen LogP contribution in [-0.4, -0.2) is 16.5 Å². The Balaban J connectivity index is 2.19. The molecule has 5 nitrogen and oxygen atoms in total. The molecular formula is C15H16N4O. The fourth-order valence-electron chi connectivity index (χ4n) is 1.61. The molecule has 0 fully saturated rings. The summed E-state index contributed by atoms with van der Waals surface area (Å²) in [6.07, 6.45) is 2.64. The largest absolute Gasteiger partial charge is 0.439 e. The highest BCUT2D eigenvalue weighted by Gasteiger charge is 2.05. The average Bonchev–Trinajstić information content (AvgIpc) is 2.48. The standard InChI is InChI=1S/C15H16N4O/c1-3-7-17-15-18-8-6-14(19-15)20-13-9-12(10-16)5-4-11(13)2/h4-6,8-9H,3,7H2,1-2H3,(H,17,18,19). The third-order valence-corrected chi connectivity index (χ3v) is 2.69. The van der Waals surface area contributed by atoms with Gasteiger partial charge in [0.25, 0.3) is 0 Å². The van der Waals surface area contributed by atoms with Crippen molar-refractivity contribution in [3.05, 3.63) is 41.6 Å². The van der Waals surface area contributed by atoms with Gasteiger partial charge in [0.15, 0.2) is 0 Å². The van der Waals surface area contributed by atoms with E-state index in [9.17, 15) is 0 Å². The molecule has 0 aliphatic carbocycles. The van der Waals surface area contributed by atoms with Gasteiger partial charge in [-0.3, -0.25) is 0 Å². The van der Waals surface area contributed by atoms with Gasteiger partial charge in [-0.15, -0.1) is 0 Å². The lowest BCUT2D eigenvalue weighted by Gasteiger charge is -2.09. The van der Waals surface area contributed by atoms with Crippen molar-refractivity contribution in [1.82, 2.24) is 9.97 Å². The monoisotopic (exact) mass is 268 g/mol. The molecule has 1 N–H and O–H groups in total. The third-order valence-electron chi connectivity index (χ3n) is 2.69. The Labute approximate surface area is 118 Å². The van der Waals surface area contributed by atoms with Crippen LogP contribution in [0.4, 0.5) is 5.95 Å². The molecule has 0 aliphatic rings. The van der Waals surface area contributed by atoms with Gasteiger partial charge in [0, 0.05) is 18.8 Å². The first-order valence-electron chi connectivity index (χ1n) is 6.48. The normalized spacial score (nSPS) is 9.85. The van der Waals surface area contributed by atoms with Crippen molar-refractivity contribution >= 4 is 5.95 Å². The summed E-state index contributed by atoms with van der Waals surface area (Å²) in [4.78, 5) is 8.39. The van der Waals surface area contributed by atoms with Crippen LogP contribution in [0.15, 0.2) is 30.5 Å². The van der Waals surface area contributed by atoms with Gasteiger partial charge in [-0.2, -0.15) is 10.2 Å². The molecule has 0 saturated carbocycles. The molecule has 1 aromatic carbocycles. The summed E-state index contributed by atoms with van der Waals surface area (Å²) in [5.41, 5.74) is 1.51. The number of hydrogen-bond donors (Lipinski definition) is 1. The first-order chi connectivity index (χ1) is 9.72. The fourth-order valence-corrected chi connectivity index (χ4v) is 1.61. The molecule has 1 heterocycles. The van der Waals surface area contributed by atoms with E-state index in [1.165, 1.54) is 0 Å². The number of ether oxygens (including phenoxy) is 1. The van der Waals surface area contributed by atoms with Crippen molar-refractivity contribution in [3.63, 3.8) is 0 Å². The number of benzene rings is 1. The Hall–Kier alpha value is -2.61. The quantitative estimate of drug-likeness (QED) is 0.901. The maximum atomic E-state index is 8.92. The van der Waals surface area contributed by atoms with Crippen molar-refractivity contribution in [1.29, 1.82) is 5.26 Å². The molecule has 2 aromatic rings. The van der Waals surface area contributed by atoms with Crippen LogP contribution in [0.3, 0.4) is 0 Å². The van der Waals surface area contributed by atoms with Gasteiger partial charge in [-0.25, -0.2) is 4.98 Å². The van der Waals surface area contributed by atoms with Gasteiger partial charge in [0.1, 0.15) is 5.75 Å². The topological polar surface area (TPSA) is 70.8 Å². The lowest BCUT2D eigenvalue weighted by atomic mass is 10.1. The molecule has 2 rings (SSSR count). The van der Waals surface area contributed by atoms with E-state index < -0.39 is 0 Å². The number of aryl methyl sites for hydroxylation is 1.